The van der Waals surface area contributed by atoms with Crippen LogP contribution in [0.4, 0.5) is 11.4 Å². The van der Waals surface area contributed by atoms with E-state index in [4.69, 9.17) is 4.74 Å². The predicted molar refractivity (Wildman–Crippen MR) is 88.8 cm³/mol. The molecular formula is C16H15N3O3S. The van der Waals surface area contributed by atoms with Gasteiger partial charge >= 0.3 is 0 Å². The van der Waals surface area contributed by atoms with Gasteiger partial charge in [0, 0.05) is 0 Å². The van der Waals surface area contributed by atoms with Gasteiger partial charge in [-0.2, -0.15) is 8.42 Å². The lowest BCUT2D eigenvalue weighted by atomic mass is 10.2. The first kappa shape index (κ1) is 14.1. The van der Waals surface area contributed by atoms with Crippen molar-refractivity contribution in [1.29, 1.82) is 0 Å². The summed E-state index contributed by atoms with van der Waals surface area (Å²) in [6, 6.07) is 14.5. The molecule has 2 aliphatic heterocycles. The van der Waals surface area contributed by atoms with Crippen molar-refractivity contribution in [2.24, 2.45) is 4.40 Å². The van der Waals surface area contributed by atoms with Gasteiger partial charge in [-0.3, -0.25) is 0 Å². The number of hydrogen-bond acceptors (Lipinski definition) is 5. The second-order valence-corrected chi connectivity index (χ2v) is 6.94. The zero-order valence-electron chi connectivity index (χ0n) is 12.3. The van der Waals surface area contributed by atoms with Crippen LogP contribution in [0.15, 0.2) is 57.8 Å². The molecule has 1 N–H and O–H groups in total. The maximum atomic E-state index is 12.3. The molecule has 4 rings (SSSR count). The first-order chi connectivity index (χ1) is 11.1. The van der Waals surface area contributed by atoms with Gasteiger partial charge in [0.15, 0.2) is 0 Å². The highest BCUT2D eigenvalue weighted by molar-refractivity contribution is 7.90. The van der Waals surface area contributed by atoms with Crippen LogP contribution in [0.5, 0.6) is 5.75 Å². The van der Waals surface area contributed by atoms with Gasteiger partial charge in [0.1, 0.15) is 23.1 Å². The fourth-order valence-corrected chi connectivity index (χ4v) is 3.95. The summed E-state index contributed by atoms with van der Waals surface area (Å²) in [7, 11) is -3.65. The summed E-state index contributed by atoms with van der Waals surface area (Å²) in [5.74, 6) is 1.22. The summed E-state index contributed by atoms with van der Waals surface area (Å²) in [5, 5.41) is 3.12. The molecule has 2 aliphatic rings. The molecule has 7 heteroatoms. The van der Waals surface area contributed by atoms with Crippen LogP contribution in [-0.4, -0.2) is 33.9 Å². The third kappa shape index (κ3) is 2.53. The Morgan fingerprint density at radius 2 is 1.91 bits per heavy atom. The minimum Gasteiger partial charge on any atom is -0.490 e. The number of amidine groups is 1. The molecular weight excluding hydrogens is 314 g/mol. The van der Waals surface area contributed by atoms with Crippen molar-refractivity contribution in [1.82, 2.24) is 0 Å². The van der Waals surface area contributed by atoms with E-state index in [0.717, 1.165) is 11.4 Å². The molecule has 0 spiro atoms. The molecule has 0 saturated heterocycles. The molecule has 118 valence electrons. The van der Waals surface area contributed by atoms with Crippen molar-refractivity contribution in [3.05, 3.63) is 48.5 Å². The third-order valence-corrected chi connectivity index (χ3v) is 5.21. The van der Waals surface area contributed by atoms with E-state index < -0.39 is 10.0 Å². The highest BCUT2D eigenvalue weighted by Gasteiger charge is 2.26. The van der Waals surface area contributed by atoms with E-state index in [0.29, 0.717) is 31.2 Å². The highest BCUT2D eigenvalue weighted by Crippen LogP contribution is 2.32. The smallest absolute Gasteiger partial charge is 0.286 e. The molecule has 0 aromatic heterocycles. The standard InChI is InChI=1S/C16H15N3O3S/c20-23(21)15-8-4-1-5-12(15)17-16(18-23)11-19-9-10-22-14-7-3-2-6-13(14)19/h1-8H,9-11H2,(H,17,18). The van der Waals surface area contributed by atoms with Gasteiger partial charge in [-0.1, -0.05) is 24.3 Å². The molecule has 0 saturated carbocycles. The number of anilines is 2. The number of fused-ring (bicyclic) bond motifs is 2. The molecule has 23 heavy (non-hydrogen) atoms. The fourth-order valence-electron chi connectivity index (χ4n) is 2.81. The number of hydrogen-bond donors (Lipinski definition) is 1. The van der Waals surface area contributed by atoms with Gasteiger partial charge in [-0.05, 0) is 24.3 Å². The molecule has 0 fully saturated rings. The van der Waals surface area contributed by atoms with Gasteiger partial charge in [-0.15, -0.1) is 4.40 Å². The summed E-state index contributed by atoms with van der Waals surface area (Å²) in [4.78, 5) is 2.28. The van der Waals surface area contributed by atoms with Crippen LogP contribution in [-0.2, 0) is 10.0 Å². The second-order valence-electron chi connectivity index (χ2n) is 5.37. The first-order valence-corrected chi connectivity index (χ1v) is 8.74. The Kier molecular flexibility index (Phi) is 3.23. The van der Waals surface area contributed by atoms with Crippen molar-refractivity contribution < 1.29 is 13.2 Å². The molecule has 6 nitrogen and oxygen atoms in total. The van der Waals surface area contributed by atoms with Gasteiger partial charge < -0.3 is 15.0 Å². The van der Waals surface area contributed by atoms with Gasteiger partial charge in [0.25, 0.3) is 10.0 Å². The minimum absolute atomic E-state index is 0.214. The van der Waals surface area contributed by atoms with E-state index in [-0.39, 0.29) is 4.90 Å². The number of nitrogens with zero attached hydrogens (tertiary/aromatic N) is 2. The van der Waals surface area contributed by atoms with Crippen LogP contribution < -0.4 is 15.0 Å². The molecule has 0 aliphatic carbocycles. The third-order valence-electron chi connectivity index (χ3n) is 3.84. The number of ether oxygens (including phenoxy) is 1. The molecule has 0 radical (unpaired) electrons. The largest absolute Gasteiger partial charge is 0.490 e. The number of rotatable bonds is 2. The van der Waals surface area contributed by atoms with Crippen LogP contribution in [0.3, 0.4) is 0 Å². The Morgan fingerprint density at radius 3 is 2.83 bits per heavy atom. The van der Waals surface area contributed by atoms with Crippen molar-refractivity contribution >= 4 is 27.2 Å². The molecule has 2 aromatic carbocycles. The van der Waals surface area contributed by atoms with E-state index in [2.05, 4.69) is 14.6 Å². The van der Waals surface area contributed by atoms with E-state index in [1.807, 2.05) is 24.3 Å². The van der Waals surface area contributed by atoms with Crippen LogP contribution in [0.25, 0.3) is 0 Å². The molecule has 0 atom stereocenters. The Bertz CT molecular complexity index is 893. The van der Waals surface area contributed by atoms with E-state index >= 15 is 0 Å². The average molecular weight is 329 g/mol. The Morgan fingerprint density at radius 1 is 1.13 bits per heavy atom. The number of para-hydroxylation sites is 3. The average Bonchev–Trinajstić information content (AvgIpc) is 2.55. The number of benzene rings is 2. The van der Waals surface area contributed by atoms with Crippen molar-refractivity contribution in [2.45, 2.75) is 4.90 Å². The highest BCUT2D eigenvalue weighted by atomic mass is 32.2. The summed E-state index contributed by atoms with van der Waals surface area (Å²) in [6.07, 6.45) is 0. The van der Waals surface area contributed by atoms with Gasteiger partial charge in [0.05, 0.1) is 24.5 Å². The number of nitrogens with one attached hydrogen (secondary N) is 1. The SMILES string of the molecule is O=S1(=O)N=C(CN2CCOc3ccccc32)Nc2ccccc21. The first-order valence-electron chi connectivity index (χ1n) is 7.30. The lowest BCUT2D eigenvalue weighted by Gasteiger charge is -2.32. The summed E-state index contributed by atoms with van der Waals surface area (Å²) >= 11 is 0. The van der Waals surface area contributed by atoms with E-state index in [1.54, 1.807) is 24.3 Å². The second kappa shape index (κ2) is 5.27. The van der Waals surface area contributed by atoms with Crippen molar-refractivity contribution in [2.75, 3.05) is 29.9 Å². The lowest BCUT2D eigenvalue weighted by molar-refractivity contribution is 0.310. The summed E-state index contributed by atoms with van der Waals surface area (Å²) < 4.78 is 34.1. The maximum Gasteiger partial charge on any atom is 0.286 e. The van der Waals surface area contributed by atoms with E-state index in [9.17, 15) is 8.42 Å². The topological polar surface area (TPSA) is 71.0 Å². The normalized spacial score (nSPS) is 18.1. The van der Waals surface area contributed by atoms with E-state index in [1.165, 1.54) is 0 Å². The van der Waals surface area contributed by atoms with Crippen LogP contribution >= 0.6 is 0 Å². The quantitative estimate of drug-likeness (QED) is 0.913. The summed E-state index contributed by atoms with van der Waals surface area (Å²) in [6.45, 7) is 1.63. The minimum atomic E-state index is -3.65. The van der Waals surface area contributed by atoms with Crippen molar-refractivity contribution in [3.63, 3.8) is 0 Å². The molecule has 0 unspecified atom stereocenters. The van der Waals surface area contributed by atoms with Gasteiger partial charge in [0.2, 0.25) is 0 Å². The van der Waals surface area contributed by atoms with Crippen LogP contribution in [0.2, 0.25) is 0 Å². The lowest BCUT2D eigenvalue weighted by Crippen LogP contribution is -2.40. The monoisotopic (exact) mass is 329 g/mol. The maximum absolute atomic E-state index is 12.3. The van der Waals surface area contributed by atoms with Crippen molar-refractivity contribution in [3.8, 4) is 5.75 Å². The Labute approximate surface area is 134 Å². The van der Waals surface area contributed by atoms with Crippen LogP contribution in [0, 0.1) is 0 Å². The Balaban J connectivity index is 1.66. The zero-order valence-corrected chi connectivity index (χ0v) is 13.1. The molecule has 0 bridgehead atoms. The molecule has 0 amide bonds. The predicted octanol–water partition coefficient (Wildman–Crippen LogP) is 2.10. The fraction of sp³-hybridized carbons (Fsp3) is 0.188. The van der Waals surface area contributed by atoms with Gasteiger partial charge in [-0.25, -0.2) is 0 Å². The number of sulfonamides is 1. The molecule has 2 aromatic rings. The zero-order chi connectivity index (χ0) is 15.9. The van der Waals surface area contributed by atoms with Crippen LogP contribution in [0.1, 0.15) is 0 Å². The summed E-state index contributed by atoms with van der Waals surface area (Å²) in [5.41, 5.74) is 1.51. The molecule has 2 heterocycles. The Hall–Kier alpha value is -2.54.